The summed E-state index contributed by atoms with van der Waals surface area (Å²) in [6.07, 6.45) is 3.66. The van der Waals surface area contributed by atoms with E-state index < -0.39 is 0 Å². The first-order chi connectivity index (χ1) is 8.24. The highest BCUT2D eigenvalue weighted by molar-refractivity contribution is 5.31. The average Bonchev–Trinajstić information content (AvgIpc) is 2.87. The fraction of sp³-hybridized carbons (Fsp3) is 0.692. The van der Waals surface area contributed by atoms with E-state index in [4.69, 9.17) is 0 Å². The van der Waals surface area contributed by atoms with E-state index in [9.17, 15) is 0 Å². The minimum Gasteiger partial charge on any atom is -0.340 e. The molecule has 2 unspecified atom stereocenters. The molecule has 3 heterocycles. The molecule has 0 radical (unpaired) electrons. The zero-order chi connectivity index (χ0) is 11.8. The molecule has 3 rings (SSSR count). The van der Waals surface area contributed by atoms with Crippen LogP contribution in [0.3, 0.4) is 0 Å². The van der Waals surface area contributed by atoms with Crippen LogP contribution < -0.4 is 4.90 Å². The Kier molecular flexibility index (Phi) is 2.74. The van der Waals surface area contributed by atoms with Crippen LogP contribution >= 0.6 is 0 Å². The molecule has 1 aromatic rings. The summed E-state index contributed by atoms with van der Waals surface area (Å²) in [4.78, 5) is 13.6. The number of anilines is 1. The van der Waals surface area contributed by atoms with Crippen LogP contribution in [-0.2, 0) is 0 Å². The molecule has 0 saturated carbocycles. The lowest BCUT2D eigenvalue weighted by Crippen LogP contribution is -2.33. The fourth-order valence-electron chi connectivity index (χ4n) is 3.07. The second-order valence-electron chi connectivity index (χ2n) is 5.52. The molecule has 17 heavy (non-hydrogen) atoms. The van der Waals surface area contributed by atoms with Crippen LogP contribution in [0.1, 0.15) is 13.8 Å². The molecule has 0 bridgehead atoms. The molecule has 4 nitrogen and oxygen atoms in total. The van der Waals surface area contributed by atoms with Crippen LogP contribution in [0.15, 0.2) is 18.5 Å². The number of hydrogen-bond donors (Lipinski definition) is 0. The summed E-state index contributed by atoms with van der Waals surface area (Å²) in [5, 5.41) is 0. The summed E-state index contributed by atoms with van der Waals surface area (Å²) < 4.78 is 0. The van der Waals surface area contributed by atoms with Crippen molar-refractivity contribution in [2.45, 2.75) is 19.9 Å². The third-order valence-electron chi connectivity index (χ3n) is 4.08. The Morgan fingerprint density at radius 2 is 1.65 bits per heavy atom. The molecule has 2 aliphatic heterocycles. The zero-order valence-corrected chi connectivity index (χ0v) is 10.6. The molecule has 0 aliphatic carbocycles. The van der Waals surface area contributed by atoms with E-state index in [2.05, 4.69) is 33.6 Å². The highest BCUT2D eigenvalue weighted by Crippen LogP contribution is 2.33. The van der Waals surface area contributed by atoms with Crippen molar-refractivity contribution in [3.8, 4) is 0 Å². The van der Waals surface area contributed by atoms with Crippen LogP contribution in [0, 0.1) is 11.8 Å². The molecule has 0 aromatic carbocycles. The Hall–Kier alpha value is -1.16. The summed E-state index contributed by atoms with van der Waals surface area (Å²) in [5.41, 5.74) is 0. The van der Waals surface area contributed by atoms with Crippen molar-refractivity contribution < 1.29 is 0 Å². The average molecular weight is 232 g/mol. The minimum atomic E-state index is 0.682. The fourth-order valence-corrected chi connectivity index (χ4v) is 3.07. The third-order valence-corrected chi connectivity index (χ3v) is 4.08. The number of hydrogen-bond acceptors (Lipinski definition) is 4. The van der Waals surface area contributed by atoms with Gasteiger partial charge in [-0.15, -0.1) is 0 Å². The summed E-state index contributed by atoms with van der Waals surface area (Å²) in [5.74, 6) is 2.51. The number of aromatic nitrogens is 2. The van der Waals surface area contributed by atoms with Gasteiger partial charge in [0.15, 0.2) is 0 Å². The van der Waals surface area contributed by atoms with Gasteiger partial charge < -0.3 is 9.80 Å². The van der Waals surface area contributed by atoms with Crippen molar-refractivity contribution in [2.75, 3.05) is 31.1 Å². The molecule has 0 spiro atoms. The lowest BCUT2D eigenvalue weighted by molar-refractivity contribution is 0.258. The number of rotatable bonds is 2. The molecule has 0 amide bonds. The summed E-state index contributed by atoms with van der Waals surface area (Å²) in [7, 11) is 0. The highest BCUT2D eigenvalue weighted by atomic mass is 15.3. The first kappa shape index (κ1) is 11.0. The maximum Gasteiger partial charge on any atom is 0.225 e. The van der Waals surface area contributed by atoms with Gasteiger partial charge in [0.1, 0.15) is 0 Å². The minimum absolute atomic E-state index is 0.682. The van der Waals surface area contributed by atoms with Gasteiger partial charge in [-0.2, -0.15) is 0 Å². The van der Waals surface area contributed by atoms with E-state index in [1.807, 2.05) is 18.5 Å². The molecule has 0 N–H and O–H groups in total. The third kappa shape index (κ3) is 2.02. The highest BCUT2D eigenvalue weighted by Gasteiger charge is 2.41. The Morgan fingerprint density at radius 1 is 1.06 bits per heavy atom. The molecular formula is C13H20N4. The molecule has 2 saturated heterocycles. The maximum absolute atomic E-state index is 4.34. The maximum atomic E-state index is 4.34. The normalized spacial score (nSPS) is 29.0. The molecule has 1 aromatic heterocycles. The molecule has 92 valence electrons. The van der Waals surface area contributed by atoms with Crippen LogP contribution in [0.2, 0.25) is 0 Å². The van der Waals surface area contributed by atoms with Crippen molar-refractivity contribution in [1.29, 1.82) is 0 Å². The van der Waals surface area contributed by atoms with E-state index in [0.717, 1.165) is 30.9 Å². The van der Waals surface area contributed by atoms with E-state index >= 15 is 0 Å². The van der Waals surface area contributed by atoms with E-state index in [0.29, 0.717) is 6.04 Å². The molecule has 2 fully saturated rings. The van der Waals surface area contributed by atoms with Gasteiger partial charge in [0.2, 0.25) is 5.95 Å². The van der Waals surface area contributed by atoms with Gasteiger partial charge in [0.25, 0.3) is 0 Å². The largest absolute Gasteiger partial charge is 0.340 e. The second-order valence-corrected chi connectivity index (χ2v) is 5.52. The zero-order valence-electron chi connectivity index (χ0n) is 10.6. The van der Waals surface area contributed by atoms with E-state index in [1.165, 1.54) is 13.1 Å². The van der Waals surface area contributed by atoms with Gasteiger partial charge >= 0.3 is 0 Å². The monoisotopic (exact) mass is 232 g/mol. The van der Waals surface area contributed by atoms with E-state index in [1.54, 1.807) is 0 Å². The van der Waals surface area contributed by atoms with Crippen molar-refractivity contribution in [3.05, 3.63) is 18.5 Å². The summed E-state index contributed by atoms with van der Waals surface area (Å²) in [6, 6.07) is 2.56. The number of likely N-dealkylation sites (tertiary alicyclic amines) is 1. The van der Waals surface area contributed by atoms with Gasteiger partial charge in [-0.05, 0) is 31.7 Å². The lowest BCUT2D eigenvalue weighted by atomic mass is 10.0. The Balaban J connectivity index is 1.66. The Morgan fingerprint density at radius 3 is 2.18 bits per heavy atom. The molecular weight excluding hydrogens is 212 g/mol. The van der Waals surface area contributed by atoms with Gasteiger partial charge in [-0.1, -0.05) is 0 Å². The van der Waals surface area contributed by atoms with Crippen LogP contribution in [0.25, 0.3) is 0 Å². The first-order valence-electron chi connectivity index (χ1n) is 6.50. The summed E-state index contributed by atoms with van der Waals surface area (Å²) in [6.45, 7) is 9.31. The quantitative estimate of drug-likeness (QED) is 0.768. The smallest absolute Gasteiger partial charge is 0.225 e. The SMILES string of the molecule is CC(C)N1CC2CN(c3ncccn3)CC2C1. The second kappa shape index (κ2) is 4.26. The van der Waals surface area contributed by atoms with E-state index in [-0.39, 0.29) is 0 Å². The molecule has 2 aliphatic rings. The van der Waals surface area contributed by atoms with Gasteiger partial charge in [-0.25, -0.2) is 9.97 Å². The van der Waals surface area contributed by atoms with Gasteiger partial charge in [-0.3, -0.25) is 0 Å². The van der Waals surface area contributed by atoms with Crippen molar-refractivity contribution in [3.63, 3.8) is 0 Å². The number of fused-ring (bicyclic) bond motifs is 1. The molecule has 4 heteroatoms. The van der Waals surface area contributed by atoms with Crippen molar-refractivity contribution in [1.82, 2.24) is 14.9 Å². The Labute approximate surface area is 103 Å². The van der Waals surface area contributed by atoms with Crippen molar-refractivity contribution >= 4 is 5.95 Å². The van der Waals surface area contributed by atoms with Gasteiger partial charge in [0.05, 0.1) is 0 Å². The van der Waals surface area contributed by atoms with Crippen molar-refractivity contribution in [2.24, 2.45) is 11.8 Å². The van der Waals surface area contributed by atoms with Crippen LogP contribution in [-0.4, -0.2) is 47.1 Å². The predicted molar refractivity (Wildman–Crippen MR) is 67.9 cm³/mol. The Bertz CT molecular complexity index is 364. The first-order valence-corrected chi connectivity index (χ1v) is 6.50. The van der Waals surface area contributed by atoms with Gasteiger partial charge in [0, 0.05) is 44.6 Å². The number of nitrogens with zero attached hydrogens (tertiary/aromatic N) is 4. The summed E-state index contributed by atoms with van der Waals surface area (Å²) >= 11 is 0. The van der Waals surface area contributed by atoms with Crippen LogP contribution in [0.5, 0.6) is 0 Å². The molecule has 2 atom stereocenters. The van der Waals surface area contributed by atoms with Crippen LogP contribution in [0.4, 0.5) is 5.95 Å². The standard InChI is InChI=1S/C13H20N4/c1-10(2)16-6-11-8-17(9-12(11)7-16)13-14-4-3-5-15-13/h3-5,10-12H,6-9H2,1-2H3. The topological polar surface area (TPSA) is 32.3 Å². The predicted octanol–water partition coefficient (Wildman–Crippen LogP) is 1.25. The lowest BCUT2D eigenvalue weighted by Gasteiger charge is -2.24.